The molecule has 2 rings (SSSR count). The van der Waals surface area contributed by atoms with Crippen LogP contribution in [0.1, 0.15) is 24.6 Å². The summed E-state index contributed by atoms with van der Waals surface area (Å²) in [6.45, 7) is 3.92. The number of aromatic nitrogens is 1. The minimum Gasteiger partial charge on any atom is -0.346 e. The lowest BCUT2D eigenvalue weighted by Gasteiger charge is -2.04. The maximum absolute atomic E-state index is 11.9. The monoisotopic (exact) mass is 368 g/mol. The Morgan fingerprint density at radius 2 is 1.88 bits per heavy atom. The average molecular weight is 369 g/mol. The molecule has 4 N–H and O–H groups in total. The first kappa shape index (κ1) is 20.1. The standard InChI is InChI=1S/C16H20N4O2S.ClH/c1-10(2)15-14(11-6-4-3-5-7-11)20-16(23-15)19-13(22)9-18-12(21)8-17;/h3-7,10H,8-9,17H2,1-2H3,(H,18,21)(H,19,20,22);1H. The molecule has 0 saturated carbocycles. The summed E-state index contributed by atoms with van der Waals surface area (Å²) < 4.78 is 0. The highest BCUT2D eigenvalue weighted by molar-refractivity contribution is 7.16. The Labute approximate surface area is 151 Å². The van der Waals surface area contributed by atoms with E-state index in [-0.39, 0.29) is 37.3 Å². The number of nitrogens with two attached hydrogens (primary N) is 1. The number of hydrogen-bond acceptors (Lipinski definition) is 5. The van der Waals surface area contributed by atoms with E-state index in [1.165, 1.54) is 11.3 Å². The van der Waals surface area contributed by atoms with Gasteiger partial charge in [-0.25, -0.2) is 4.98 Å². The van der Waals surface area contributed by atoms with Gasteiger partial charge in [-0.05, 0) is 5.92 Å². The highest BCUT2D eigenvalue weighted by atomic mass is 35.5. The summed E-state index contributed by atoms with van der Waals surface area (Å²) in [4.78, 5) is 28.6. The van der Waals surface area contributed by atoms with Crippen LogP contribution in [0.2, 0.25) is 0 Å². The van der Waals surface area contributed by atoms with Crippen LogP contribution in [0, 0.1) is 0 Å². The fraction of sp³-hybridized carbons (Fsp3) is 0.312. The maximum atomic E-state index is 11.9. The van der Waals surface area contributed by atoms with E-state index in [2.05, 4.69) is 29.5 Å². The number of carbonyl (C=O) groups excluding carboxylic acids is 2. The molecule has 6 nitrogen and oxygen atoms in total. The summed E-state index contributed by atoms with van der Waals surface area (Å²) in [5.74, 6) is -0.395. The van der Waals surface area contributed by atoms with Gasteiger partial charge in [-0.15, -0.1) is 23.7 Å². The lowest BCUT2D eigenvalue weighted by atomic mass is 10.1. The maximum Gasteiger partial charge on any atom is 0.245 e. The van der Waals surface area contributed by atoms with Crippen LogP contribution < -0.4 is 16.4 Å². The predicted octanol–water partition coefficient (Wildman–Crippen LogP) is 2.37. The molecule has 0 aliphatic carbocycles. The highest BCUT2D eigenvalue weighted by Gasteiger charge is 2.17. The summed E-state index contributed by atoms with van der Waals surface area (Å²) in [7, 11) is 0. The van der Waals surface area contributed by atoms with E-state index in [4.69, 9.17) is 5.73 Å². The number of nitrogens with zero attached hydrogens (tertiary/aromatic N) is 1. The molecule has 0 unspecified atom stereocenters. The lowest BCUT2D eigenvalue weighted by Crippen LogP contribution is -2.36. The topological polar surface area (TPSA) is 97.1 Å². The molecule has 1 aromatic carbocycles. The summed E-state index contributed by atoms with van der Waals surface area (Å²) in [5.41, 5.74) is 7.08. The number of nitrogens with one attached hydrogen (secondary N) is 2. The summed E-state index contributed by atoms with van der Waals surface area (Å²) in [5, 5.41) is 5.68. The van der Waals surface area contributed by atoms with Crippen molar-refractivity contribution < 1.29 is 9.59 Å². The molecule has 0 saturated heterocycles. The second-order valence-corrected chi connectivity index (χ2v) is 6.31. The van der Waals surface area contributed by atoms with E-state index in [0.29, 0.717) is 11.0 Å². The Balaban J connectivity index is 0.00000288. The molecule has 130 valence electrons. The molecular weight excluding hydrogens is 348 g/mol. The number of benzene rings is 1. The minimum atomic E-state index is -0.368. The molecule has 1 aromatic heterocycles. The molecule has 0 spiro atoms. The number of hydrogen-bond donors (Lipinski definition) is 3. The number of amides is 2. The van der Waals surface area contributed by atoms with Gasteiger partial charge in [0.1, 0.15) is 0 Å². The van der Waals surface area contributed by atoms with Crippen LogP contribution in [0.5, 0.6) is 0 Å². The minimum absolute atomic E-state index is 0. The van der Waals surface area contributed by atoms with Crippen molar-refractivity contribution in [3.05, 3.63) is 35.2 Å². The predicted molar refractivity (Wildman–Crippen MR) is 99.6 cm³/mol. The third-order valence-corrected chi connectivity index (χ3v) is 4.37. The van der Waals surface area contributed by atoms with Crippen molar-refractivity contribution in [3.63, 3.8) is 0 Å². The van der Waals surface area contributed by atoms with Gasteiger partial charge in [0, 0.05) is 10.4 Å². The van der Waals surface area contributed by atoms with E-state index in [0.717, 1.165) is 16.1 Å². The normalized spacial score (nSPS) is 10.2. The van der Waals surface area contributed by atoms with Crippen LogP contribution in [-0.4, -0.2) is 29.9 Å². The van der Waals surface area contributed by atoms with Gasteiger partial charge in [0.2, 0.25) is 11.8 Å². The van der Waals surface area contributed by atoms with Gasteiger partial charge in [-0.3, -0.25) is 9.59 Å². The van der Waals surface area contributed by atoms with Crippen molar-refractivity contribution in [2.75, 3.05) is 18.4 Å². The number of thiazole rings is 1. The van der Waals surface area contributed by atoms with Gasteiger partial charge in [0.25, 0.3) is 0 Å². The first-order chi connectivity index (χ1) is 11.0. The second-order valence-electron chi connectivity index (χ2n) is 5.28. The zero-order chi connectivity index (χ0) is 16.8. The van der Waals surface area contributed by atoms with Crippen molar-refractivity contribution in [2.24, 2.45) is 5.73 Å². The van der Waals surface area contributed by atoms with Crippen LogP contribution in [0.3, 0.4) is 0 Å². The van der Waals surface area contributed by atoms with Crippen LogP contribution in [-0.2, 0) is 9.59 Å². The fourth-order valence-corrected chi connectivity index (χ4v) is 3.00. The molecule has 0 fully saturated rings. The molecule has 1 heterocycles. The first-order valence-corrected chi connectivity index (χ1v) is 8.15. The molecule has 2 aromatic rings. The molecular formula is C16H21ClN4O2S. The second kappa shape index (κ2) is 9.36. The van der Waals surface area contributed by atoms with Gasteiger partial charge in [-0.2, -0.15) is 0 Å². The van der Waals surface area contributed by atoms with Crippen LogP contribution in [0.4, 0.5) is 5.13 Å². The number of anilines is 1. The van der Waals surface area contributed by atoms with E-state index in [1.807, 2.05) is 30.3 Å². The van der Waals surface area contributed by atoms with Crippen molar-refractivity contribution in [3.8, 4) is 11.3 Å². The molecule has 0 aliphatic heterocycles. The van der Waals surface area contributed by atoms with Crippen molar-refractivity contribution in [1.29, 1.82) is 0 Å². The average Bonchev–Trinajstić information content (AvgIpc) is 2.97. The Kier molecular flexibility index (Phi) is 7.84. The zero-order valence-electron chi connectivity index (χ0n) is 13.5. The molecule has 8 heteroatoms. The van der Waals surface area contributed by atoms with E-state index >= 15 is 0 Å². The third kappa shape index (κ3) is 5.30. The Morgan fingerprint density at radius 3 is 2.46 bits per heavy atom. The largest absolute Gasteiger partial charge is 0.346 e. The van der Waals surface area contributed by atoms with Gasteiger partial charge < -0.3 is 16.4 Å². The number of halogens is 1. The van der Waals surface area contributed by atoms with Gasteiger partial charge in [0.15, 0.2) is 5.13 Å². The molecule has 0 aliphatic rings. The Morgan fingerprint density at radius 1 is 1.21 bits per heavy atom. The Hall–Kier alpha value is -1.96. The SMILES string of the molecule is CC(C)c1sc(NC(=O)CNC(=O)CN)nc1-c1ccccc1.Cl. The summed E-state index contributed by atoms with van der Waals surface area (Å²) in [6, 6.07) is 9.86. The Bertz CT molecular complexity index is 689. The molecule has 0 radical (unpaired) electrons. The molecule has 24 heavy (non-hydrogen) atoms. The van der Waals surface area contributed by atoms with Gasteiger partial charge in [0.05, 0.1) is 18.8 Å². The van der Waals surface area contributed by atoms with Crippen LogP contribution >= 0.6 is 23.7 Å². The van der Waals surface area contributed by atoms with Crippen LogP contribution in [0.15, 0.2) is 30.3 Å². The van der Waals surface area contributed by atoms with Crippen LogP contribution in [0.25, 0.3) is 11.3 Å². The smallest absolute Gasteiger partial charge is 0.245 e. The van der Waals surface area contributed by atoms with Crippen molar-refractivity contribution in [2.45, 2.75) is 19.8 Å². The molecule has 2 amide bonds. The zero-order valence-corrected chi connectivity index (χ0v) is 15.2. The van der Waals surface area contributed by atoms with Crippen molar-refractivity contribution >= 4 is 40.7 Å². The lowest BCUT2D eigenvalue weighted by molar-refractivity contribution is -0.123. The summed E-state index contributed by atoms with van der Waals surface area (Å²) in [6.07, 6.45) is 0. The summed E-state index contributed by atoms with van der Waals surface area (Å²) >= 11 is 1.45. The van der Waals surface area contributed by atoms with E-state index in [1.54, 1.807) is 0 Å². The van der Waals surface area contributed by atoms with E-state index in [9.17, 15) is 9.59 Å². The first-order valence-electron chi connectivity index (χ1n) is 7.34. The van der Waals surface area contributed by atoms with E-state index < -0.39 is 0 Å². The fourth-order valence-electron chi connectivity index (χ4n) is 1.99. The third-order valence-electron chi connectivity index (χ3n) is 3.10. The molecule has 0 bridgehead atoms. The van der Waals surface area contributed by atoms with Crippen molar-refractivity contribution in [1.82, 2.24) is 10.3 Å². The van der Waals surface area contributed by atoms with Gasteiger partial charge in [-0.1, -0.05) is 44.2 Å². The molecule has 0 atom stereocenters. The number of carbonyl (C=O) groups is 2. The highest BCUT2D eigenvalue weighted by Crippen LogP contribution is 2.35. The van der Waals surface area contributed by atoms with Gasteiger partial charge >= 0.3 is 0 Å². The quantitative estimate of drug-likeness (QED) is 0.729. The number of rotatable bonds is 6.